The standard InChI is InChI=1S/C16H19NO2/c1-13-5-4-7-16(11-13)19-10-8-15(18)12-14-6-2-3-9-17-14/h2-7,9,11,15,18H,8,10,12H2,1H3. The Hall–Kier alpha value is -1.87. The Balaban J connectivity index is 1.73. The summed E-state index contributed by atoms with van der Waals surface area (Å²) in [5.41, 5.74) is 2.08. The van der Waals surface area contributed by atoms with Crippen LogP contribution in [-0.4, -0.2) is 22.8 Å². The third-order valence-electron chi connectivity index (χ3n) is 2.88. The molecule has 0 amide bonds. The molecular weight excluding hydrogens is 238 g/mol. The first-order chi connectivity index (χ1) is 9.24. The molecule has 1 heterocycles. The maximum absolute atomic E-state index is 9.92. The lowest BCUT2D eigenvalue weighted by molar-refractivity contribution is 0.138. The third-order valence-corrected chi connectivity index (χ3v) is 2.88. The second-order valence-corrected chi connectivity index (χ2v) is 4.63. The fourth-order valence-corrected chi connectivity index (χ4v) is 1.88. The first-order valence-corrected chi connectivity index (χ1v) is 6.51. The van der Waals surface area contributed by atoms with Crippen LogP contribution in [0.15, 0.2) is 48.7 Å². The summed E-state index contributed by atoms with van der Waals surface area (Å²) in [5, 5.41) is 9.92. The predicted octanol–water partition coefficient (Wildman–Crippen LogP) is 2.76. The number of ether oxygens (including phenoxy) is 1. The van der Waals surface area contributed by atoms with Crippen LogP contribution in [0.4, 0.5) is 0 Å². The molecule has 3 heteroatoms. The van der Waals surface area contributed by atoms with E-state index in [2.05, 4.69) is 4.98 Å². The molecule has 1 atom stereocenters. The lowest BCUT2D eigenvalue weighted by atomic mass is 10.1. The van der Waals surface area contributed by atoms with Crippen LogP contribution >= 0.6 is 0 Å². The minimum Gasteiger partial charge on any atom is -0.493 e. The predicted molar refractivity (Wildman–Crippen MR) is 75.2 cm³/mol. The number of aliphatic hydroxyl groups is 1. The zero-order chi connectivity index (χ0) is 13.5. The van der Waals surface area contributed by atoms with Gasteiger partial charge in [-0.3, -0.25) is 4.98 Å². The number of hydrogen-bond acceptors (Lipinski definition) is 3. The summed E-state index contributed by atoms with van der Waals surface area (Å²) in [5.74, 6) is 0.852. The molecule has 100 valence electrons. The molecule has 0 aliphatic rings. The van der Waals surface area contributed by atoms with E-state index in [0.29, 0.717) is 19.4 Å². The van der Waals surface area contributed by atoms with E-state index < -0.39 is 6.10 Å². The Bertz CT molecular complexity index is 499. The summed E-state index contributed by atoms with van der Waals surface area (Å²) in [6.07, 6.45) is 2.49. The number of aliphatic hydroxyl groups excluding tert-OH is 1. The van der Waals surface area contributed by atoms with E-state index >= 15 is 0 Å². The van der Waals surface area contributed by atoms with Gasteiger partial charge < -0.3 is 9.84 Å². The molecule has 0 fully saturated rings. The van der Waals surface area contributed by atoms with Crippen molar-refractivity contribution in [2.45, 2.75) is 25.9 Å². The molecular formula is C16H19NO2. The Kier molecular flexibility index (Phi) is 4.93. The van der Waals surface area contributed by atoms with E-state index in [0.717, 1.165) is 11.4 Å². The highest BCUT2D eigenvalue weighted by atomic mass is 16.5. The van der Waals surface area contributed by atoms with Gasteiger partial charge in [0.1, 0.15) is 5.75 Å². The van der Waals surface area contributed by atoms with Gasteiger partial charge in [-0.2, -0.15) is 0 Å². The average Bonchev–Trinajstić information content (AvgIpc) is 2.40. The maximum Gasteiger partial charge on any atom is 0.119 e. The van der Waals surface area contributed by atoms with E-state index in [4.69, 9.17) is 4.74 Å². The molecule has 0 saturated carbocycles. The number of hydrogen-bond donors (Lipinski definition) is 1. The van der Waals surface area contributed by atoms with Crippen molar-refractivity contribution < 1.29 is 9.84 Å². The zero-order valence-corrected chi connectivity index (χ0v) is 11.1. The lowest BCUT2D eigenvalue weighted by Gasteiger charge is -2.11. The molecule has 0 spiro atoms. The summed E-state index contributed by atoms with van der Waals surface area (Å²) < 4.78 is 5.61. The van der Waals surface area contributed by atoms with Gasteiger partial charge in [0.25, 0.3) is 0 Å². The quantitative estimate of drug-likeness (QED) is 0.865. The summed E-state index contributed by atoms with van der Waals surface area (Å²) in [6, 6.07) is 13.6. The smallest absolute Gasteiger partial charge is 0.119 e. The van der Waals surface area contributed by atoms with Gasteiger partial charge in [-0.15, -0.1) is 0 Å². The van der Waals surface area contributed by atoms with E-state index in [1.54, 1.807) is 6.20 Å². The van der Waals surface area contributed by atoms with Gasteiger partial charge in [0, 0.05) is 24.7 Å². The summed E-state index contributed by atoms with van der Waals surface area (Å²) >= 11 is 0. The normalized spacial score (nSPS) is 12.1. The van der Waals surface area contributed by atoms with Gasteiger partial charge in [-0.1, -0.05) is 18.2 Å². The number of pyridine rings is 1. The average molecular weight is 257 g/mol. The molecule has 0 aliphatic carbocycles. The van der Waals surface area contributed by atoms with Gasteiger partial charge >= 0.3 is 0 Å². The minimum atomic E-state index is -0.417. The monoisotopic (exact) mass is 257 g/mol. The molecule has 19 heavy (non-hydrogen) atoms. The van der Waals surface area contributed by atoms with Crippen LogP contribution in [0.1, 0.15) is 17.7 Å². The lowest BCUT2D eigenvalue weighted by Crippen LogP contribution is -2.15. The molecule has 1 aromatic heterocycles. The summed E-state index contributed by atoms with van der Waals surface area (Å²) in [6.45, 7) is 2.54. The van der Waals surface area contributed by atoms with Crippen molar-refractivity contribution in [2.75, 3.05) is 6.61 Å². The van der Waals surface area contributed by atoms with Crippen molar-refractivity contribution in [3.8, 4) is 5.75 Å². The number of rotatable bonds is 6. The van der Waals surface area contributed by atoms with Crippen LogP contribution in [-0.2, 0) is 6.42 Å². The van der Waals surface area contributed by atoms with Crippen molar-refractivity contribution in [2.24, 2.45) is 0 Å². The van der Waals surface area contributed by atoms with E-state index in [9.17, 15) is 5.11 Å². The van der Waals surface area contributed by atoms with Crippen LogP contribution in [0.2, 0.25) is 0 Å². The van der Waals surface area contributed by atoms with Crippen LogP contribution in [0.5, 0.6) is 5.75 Å². The highest BCUT2D eigenvalue weighted by molar-refractivity contribution is 5.27. The molecule has 2 rings (SSSR count). The highest BCUT2D eigenvalue weighted by Gasteiger charge is 2.06. The summed E-state index contributed by atoms with van der Waals surface area (Å²) in [4.78, 5) is 4.20. The fourth-order valence-electron chi connectivity index (χ4n) is 1.88. The van der Waals surface area contributed by atoms with Crippen molar-refractivity contribution in [1.82, 2.24) is 4.98 Å². The molecule has 0 bridgehead atoms. The second kappa shape index (κ2) is 6.90. The molecule has 1 unspecified atom stereocenters. The number of aromatic nitrogens is 1. The van der Waals surface area contributed by atoms with E-state index in [-0.39, 0.29) is 0 Å². The van der Waals surface area contributed by atoms with Gasteiger partial charge in [-0.25, -0.2) is 0 Å². The number of nitrogens with zero attached hydrogens (tertiary/aromatic N) is 1. The third kappa shape index (κ3) is 4.72. The van der Waals surface area contributed by atoms with Crippen molar-refractivity contribution in [3.63, 3.8) is 0 Å². The van der Waals surface area contributed by atoms with Crippen molar-refractivity contribution in [3.05, 3.63) is 59.9 Å². The number of aryl methyl sites for hydroxylation is 1. The first kappa shape index (κ1) is 13.6. The van der Waals surface area contributed by atoms with Crippen LogP contribution in [0.3, 0.4) is 0 Å². The molecule has 3 nitrogen and oxygen atoms in total. The van der Waals surface area contributed by atoms with E-state index in [1.165, 1.54) is 5.56 Å². The van der Waals surface area contributed by atoms with Crippen LogP contribution < -0.4 is 4.74 Å². The Labute approximate surface area is 113 Å². The van der Waals surface area contributed by atoms with Crippen LogP contribution in [0, 0.1) is 6.92 Å². The Morgan fingerprint density at radius 3 is 2.84 bits per heavy atom. The van der Waals surface area contributed by atoms with Crippen molar-refractivity contribution in [1.29, 1.82) is 0 Å². The van der Waals surface area contributed by atoms with Gasteiger partial charge in [-0.05, 0) is 36.8 Å². The second-order valence-electron chi connectivity index (χ2n) is 4.63. The Morgan fingerprint density at radius 2 is 2.11 bits per heavy atom. The van der Waals surface area contributed by atoms with Gasteiger partial charge in [0.05, 0.1) is 12.7 Å². The first-order valence-electron chi connectivity index (χ1n) is 6.51. The molecule has 0 radical (unpaired) electrons. The number of benzene rings is 1. The molecule has 1 aromatic carbocycles. The molecule has 2 aromatic rings. The summed E-state index contributed by atoms with van der Waals surface area (Å²) in [7, 11) is 0. The fraction of sp³-hybridized carbons (Fsp3) is 0.312. The van der Waals surface area contributed by atoms with E-state index in [1.807, 2.05) is 49.4 Å². The van der Waals surface area contributed by atoms with Crippen molar-refractivity contribution >= 4 is 0 Å². The SMILES string of the molecule is Cc1cccc(OCCC(O)Cc2ccccn2)c1. The Morgan fingerprint density at radius 1 is 1.21 bits per heavy atom. The highest BCUT2D eigenvalue weighted by Crippen LogP contribution is 2.13. The van der Waals surface area contributed by atoms with Gasteiger partial charge in [0.2, 0.25) is 0 Å². The molecule has 1 N–H and O–H groups in total. The molecule has 0 saturated heterocycles. The maximum atomic E-state index is 9.92. The topological polar surface area (TPSA) is 42.4 Å². The molecule has 0 aliphatic heterocycles. The van der Waals surface area contributed by atoms with Crippen LogP contribution in [0.25, 0.3) is 0 Å². The largest absolute Gasteiger partial charge is 0.493 e. The zero-order valence-electron chi connectivity index (χ0n) is 11.1. The van der Waals surface area contributed by atoms with Gasteiger partial charge in [0.15, 0.2) is 0 Å². The minimum absolute atomic E-state index is 0.417.